The molecule has 0 atom stereocenters. The van der Waals surface area contributed by atoms with Crippen LogP contribution in [0.15, 0.2) is 119 Å². The average molecular weight is 859 g/mol. The minimum atomic E-state index is -3.85. The quantitative estimate of drug-likeness (QED) is 0.0460. The molecule has 8 rings (SSSR count). The van der Waals surface area contributed by atoms with Crippen LogP contribution in [-0.4, -0.2) is 96.1 Å². The van der Waals surface area contributed by atoms with Crippen molar-refractivity contribution in [2.75, 3.05) is 79.3 Å². The van der Waals surface area contributed by atoms with Crippen LogP contribution in [0.1, 0.15) is 56.3 Å². The first-order valence-electron chi connectivity index (χ1n) is 20.0. The van der Waals surface area contributed by atoms with Crippen LogP contribution in [0.5, 0.6) is 11.5 Å². The van der Waals surface area contributed by atoms with Gasteiger partial charge in [0.15, 0.2) is 11.5 Å². The fraction of sp³-hybridized carbons (Fsp3) is 0.348. The topological polar surface area (TPSA) is 142 Å². The van der Waals surface area contributed by atoms with Gasteiger partial charge in [0.1, 0.15) is 13.2 Å². The summed E-state index contributed by atoms with van der Waals surface area (Å²) in [5.74, 6) is 1.34. The Kier molecular flexibility index (Phi) is 14.7. The zero-order chi connectivity index (χ0) is 42.0. The Morgan fingerprint density at radius 2 is 0.683 bits per heavy atom. The van der Waals surface area contributed by atoms with Crippen LogP contribution in [0.2, 0.25) is 0 Å². The molecule has 0 heterocycles. The first-order chi connectivity index (χ1) is 29.1. The zero-order valence-corrected chi connectivity index (χ0v) is 35.4. The molecule has 318 valence electrons. The predicted molar refractivity (Wildman–Crippen MR) is 224 cm³/mol. The van der Waals surface area contributed by atoms with Crippen molar-refractivity contribution in [3.63, 3.8) is 0 Å². The highest BCUT2D eigenvalue weighted by Crippen LogP contribution is 2.57. The van der Waals surface area contributed by atoms with Gasteiger partial charge in [-0.25, -0.2) is 0 Å². The molecule has 0 saturated carbocycles. The van der Waals surface area contributed by atoms with Crippen LogP contribution in [-0.2, 0) is 47.5 Å². The van der Waals surface area contributed by atoms with Crippen molar-refractivity contribution in [2.45, 2.75) is 35.5 Å². The highest BCUT2D eigenvalue weighted by atomic mass is 32.2. The fourth-order valence-corrected chi connectivity index (χ4v) is 9.20. The number of aryl methyl sites for hydroxylation is 2. The molecule has 0 amide bonds. The molecule has 0 spiro atoms. The Labute approximate surface area is 352 Å². The van der Waals surface area contributed by atoms with Gasteiger partial charge in [0, 0.05) is 11.8 Å². The summed E-state index contributed by atoms with van der Waals surface area (Å²) in [4.78, 5) is 0.216. The van der Waals surface area contributed by atoms with Gasteiger partial charge in [0.05, 0.1) is 75.9 Å². The number of benzene rings is 5. The van der Waals surface area contributed by atoms with E-state index in [1.165, 1.54) is 57.6 Å². The van der Waals surface area contributed by atoms with Gasteiger partial charge in [0.25, 0.3) is 20.2 Å². The van der Waals surface area contributed by atoms with Crippen molar-refractivity contribution < 1.29 is 53.6 Å². The van der Waals surface area contributed by atoms with E-state index in [1.807, 2.05) is 13.8 Å². The van der Waals surface area contributed by atoms with Gasteiger partial charge in [-0.15, -0.1) is 0 Å². The molecule has 2 bridgehead atoms. The van der Waals surface area contributed by atoms with Crippen molar-refractivity contribution in [2.24, 2.45) is 0 Å². The van der Waals surface area contributed by atoms with Crippen LogP contribution in [0, 0.1) is 13.8 Å². The molecule has 0 aromatic heterocycles. The molecule has 12 nitrogen and oxygen atoms in total. The highest BCUT2D eigenvalue weighted by molar-refractivity contribution is 7.87. The van der Waals surface area contributed by atoms with Gasteiger partial charge in [0.2, 0.25) is 0 Å². The van der Waals surface area contributed by atoms with Crippen molar-refractivity contribution in [1.29, 1.82) is 0 Å². The lowest BCUT2D eigenvalue weighted by atomic mass is 9.61. The Bertz CT molecular complexity index is 2200. The summed E-state index contributed by atoms with van der Waals surface area (Å²) in [6.45, 7) is 5.98. The van der Waals surface area contributed by atoms with Gasteiger partial charge in [-0.2, -0.15) is 16.8 Å². The van der Waals surface area contributed by atoms with Crippen LogP contribution < -0.4 is 9.47 Å². The summed E-state index contributed by atoms with van der Waals surface area (Å²) in [7, 11) is -7.69. The van der Waals surface area contributed by atoms with Gasteiger partial charge in [-0.3, -0.25) is 8.37 Å². The van der Waals surface area contributed by atoms with Crippen LogP contribution in [0.3, 0.4) is 0 Å². The second-order valence-electron chi connectivity index (χ2n) is 14.4. The Morgan fingerprint density at radius 1 is 0.383 bits per heavy atom. The third-order valence-electron chi connectivity index (χ3n) is 10.3. The van der Waals surface area contributed by atoms with E-state index >= 15 is 0 Å². The number of ether oxygens (including phenoxy) is 6. The highest BCUT2D eigenvalue weighted by Gasteiger charge is 2.41. The maximum atomic E-state index is 12.4. The van der Waals surface area contributed by atoms with Crippen molar-refractivity contribution in [1.82, 2.24) is 0 Å². The number of hydrogen-bond donors (Lipinski definition) is 0. The first-order valence-corrected chi connectivity index (χ1v) is 22.8. The van der Waals surface area contributed by atoms with E-state index in [2.05, 4.69) is 60.7 Å². The molecule has 0 radical (unpaired) electrons. The Hall–Kier alpha value is -4.64. The lowest BCUT2D eigenvalue weighted by Gasteiger charge is -2.42. The van der Waals surface area contributed by atoms with Crippen LogP contribution in [0.25, 0.3) is 0 Å². The smallest absolute Gasteiger partial charge is 0.297 e. The first kappa shape index (κ1) is 43.4. The van der Waals surface area contributed by atoms with E-state index in [1.54, 1.807) is 24.3 Å². The van der Waals surface area contributed by atoms with Crippen molar-refractivity contribution in [3.8, 4) is 11.5 Å². The second-order valence-corrected chi connectivity index (χ2v) is 17.6. The third-order valence-corrected chi connectivity index (χ3v) is 12.9. The van der Waals surface area contributed by atoms with Crippen LogP contribution in [0.4, 0.5) is 0 Å². The van der Waals surface area contributed by atoms with E-state index in [-0.39, 0.29) is 74.5 Å². The zero-order valence-electron chi connectivity index (χ0n) is 33.7. The maximum absolute atomic E-state index is 12.4. The summed E-state index contributed by atoms with van der Waals surface area (Å²) in [5.41, 5.74) is 9.47. The lowest BCUT2D eigenvalue weighted by molar-refractivity contribution is 0.0253. The number of hydrogen-bond acceptors (Lipinski definition) is 12. The van der Waals surface area contributed by atoms with Gasteiger partial charge < -0.3 is 28.4 Å². The summed E-state index contributed by atoms with van der Waals surface area (Å²) in [6, 6.07) is 34.4. The normalized spacial score (nSPS) is 15.3. The molecule has 3 aliphatic rings. The molecule has 0 saturated heterocycles. The van der Waals surface area contributed by atoms with E-state index < -0.39 is 20.2 Å². The minimum absolute atomic E-state index is 0.0644. The van der Waals surface area contributed by atoms with Crippen LogP contribution >= 0.6 is 0 Å². The standard InChI is InChI=1S/C46H50O12S2/c1-33-11-15-35(16-12-33)59(47,48)57-29-25-53-21-19-51-23-27-55-43-31-41-42(46-39-9-5-3-7-37(39)45(41)38-8-4-6-10-40(38)46)32-44(43)56-28-24-52-20-22-54-26-30-58-60(49,50)36-17-13-34(2)14-18-36/h3-18,31-32,45-46H,19-30H2,1-2H3. The Balaban J connectivity index is 0.884. The molecule has 5 aromatic carbocycles. The molecule has 0 aliphatic heterocycles. The average Bonchev–Trinajstić information content (AvgIpc) is 3.25. The molecule has 0 N–H and O–H groups in total. The Morgan fingerprint density at radius 3 is 1.02 bits per heavy atom. The molecule has 3 aliphatic carbocycles. The van der Waals surface area contributed by atoms with Crippen molar-refractivity contribution >= 4 is 20.2 Å². The van der Waals surface area contributed by atoms with Gasteiger partial charge in [-0.05, 0) is 83.6 Å². The molecule has 0 unspecified atom stereocenters. The lowest BCUT2D eigenvalue weighted by Crippen LogP contribution is -2.27. The molecule has 5 aromatic rings. The summed E-state index contributed by atoms with van der Waals surface area (Å²) < 4.78 is 94.8. The predicted octanol–water partition coefficient (Wildman–Crippen LogP) is 6.93. The SMILES string of the molecule is Cc1ccc(S(=O)(=O)OCCOCCOCCOc2cc3c(cc2OCCOCCOCCOS(=O)(=O)c2ccc(C)cc2)C2c4ccccc4C3c3ccccc32)cc1. The van der Waals surface area contributed by atoms with E-state index in [4.69, 9.17) is 36.8 Å². The van der Waals surface area contributed by atoms with Gasteiger partial charge >= 0.3 is 0 Å². The van der Waals surface area contributed by atoms with E-state index in [0.29, 0.717) is 37.9 Å². The van der Waals surface area contributed by atoms with Crippen molar-refractivity contribution in [3.05, 3.63) is 154 Å². The molecule has 60 heavy (non-hydrogen) atoms. The molecular formula is C46H50O12S2. The van der Waals surface area contributed by atoms with E-state index in [0.717, 1.165) is 11.1 Å². The van der Waals surface area contributed by atoms with Gasteiger partial charge in [-0.1, -0.05) is 83.9 Å². The molecule has 0 fully saturated rings. The monoisotopic (exact) mass is 858 g/mol. The minimum Gasteiger partial charge on any atom is -0.487 e. The fourth-order valence-electron chi connectivity index (χ4n) is 7.41. The summed E-state index contributed by atoms with van der Waals surface area (Å²) >= 11 is 0. The van der Waals surface area contributed by atoms with E-state index in [9.17, 15) is 16.8 Å². The molecule has 14 heteroatoms. The maximum Gasteiger partial charge on any atom is 0.297 e. The molecular weight excluding hydrogens is 809 g/mol. The number of rotatable bonds is 24. The summed E-state index contributed by atoms with van der Waals surface area (Å²) in [6.07, 6.45) is 0. The third kappa shape index (κ3) is 10.6. The largest absolute Gasteiger partial charge is 0.487 e. The second kappa shape index (κ2) is 20.3. The summed E-state index contributed by atoms with van der Waals surface area (Å²) in [5, 5.41) is 0.